The predicted molar refractivity (Wildman–Crippen MR) is 422 cm³/mol. The van der Waals surface area contributed by atoms with Gasteiger partial charge in [-0.15, -0.1) is 0 Å². The average Bonchev–Trinajstić information content (AvgIpc) is 0.758. The van der Waals surface area contributed by atoms with E-state index in [-0.39, 0.29) is 12.8 Å². The zero-order chi connectivity index (χ0) is 90.9. The normalized spacial score (nSPS) is 39.4. The largest absolute Gasteiger partial charge is 0.472 e. The molecule has 0 aromatic carbocycles. The number of hydrogen-bond acceptors (Lipinski definition) is 42. The van der Waals surface area contributed by atoms with Crippen molar-refractivity contribution in [2.45, 2.75) is 427 Å². The van der Waals surface area contributed by atoms with Crippen molar-refractivity contribution >= 4 is 19.8 Å². The molecule has 0 spiro atoms. The number of phosphoric ester groups is 1. The highest BCUT2D eigenvalue weighted by Gasteiger charge is 2.60. The molecule has 6 aliphatic heterocycles. The second-order valence-electron chi connectivity index (χ2n) is 33.3. The molecule has 0 radical (unpaired) electrons. The lowest BCUT2D eigenvalue weighted by molar-refractivity contribution is -0.365. The van der Waals surface area contributed by atoms with Gasteiger partial charge in [-0.1, -0.05) is 161 Å². The minimum atomic E-state index is -5.89. The van der Waals surface area contributed by atoms with Gasteiger partial charge in [-0.2, -0.15) is 0 Å². The number of ether oxygens (including phenoxy) is 14. The van der Waals surface area contributed by atoms with Gasteiger partial charge in [0.15, 0.2) is 43.8 Å². The first-order valence-corrected chi connectivity index (χ1v) is 45.6. The van der Waals surface area contributed by atoms with Crippen LogP contribution in [-0.2, 0) is 89.5 Å². The Kier molecular flexibility index (Phi) is 48.8. The van der Waals surface area contributed by atoms with Gasteiger partial charge in [-0.3, -0.25) is 18.6 Å². The van der Waals surface area contributed by atoms with Crippen LogP contribution in [0.3, 0.4) is 0 Å². The van der Waals surface area contributed by atoms with E-state index in [1.165, 1.54) is 77.0 Å². The van der Waals surface area contributed by atoms with Gasteiger partial charge in [0.05, 0.1) is 46.2 Å². The molecule has 124 heavy (non-hydrogen) atoms. The van der Waals surface area contributed by atoms with Crippen molar-refractivity contribution in [2.24, 2.45) is 0 Å². The molecule has 726 valence electrons. The molecule has 7 rings (SSSR count). The van der Waals surface area contributed by atoms with Crippen molar-refractivity contribution in [2.75, 3.05) is 52.9 Å². The van der Waals surface area contributed by atoms with E-state index in [9.17, 15) is 136 Å². The minimum absolute atomic E-state index is 0.0312. The number of hydrogen-bond donors (Lipinski definition) is 24. The number of aliphatic hydroxyl groups is 23. The van der Waals surface area contributed by atoms with E-state index in [0.717, 1.165) is 70.6 Å². The first-order valence-electron chi connectivity index (χ1n) is 44.1. The van der Waals surface area contributed by atoms with Crippen LogP contribution in [0.5, 0.6) is 0 Å². The van der Waals surface area contributed by atoms with Crippen molar-refractivity contribution < 1.29 is 212 Å². The first-order chi connectivity index (χ1) is 59.2. The Labute approximate surface area is 721 Å². The maximum Gasteiger partial charge on any atom is 0.472 e. The SMILES string of the molecule is CCCCCCCC/C=C\CCCCCCCC(=O)O[C@H](COC(=O)CCCCCCCCCCCCCCCC)COP(=O)(O)O[C@@H]1C(O[C@@H]2OC(CO[C@@H]3OC(CO[C@@H]4OC(CO[C@@H]5OC(CO[C@@H]6OC(CO)[C@H](O)C(O)[C@@H]6O)[C@H](O)C(O)[C@@H]5O)[C@H](O)C(O)[C@@H]4O)[C@H](O)C(O)[C@@H]3O)[C@H](O)C(O)[C@@H]2O)C(O)[C@@H](O)C(O)[C@H]1O[C@H]1OC(CO)[C@@H](O)C(O)[C@H]1O. The Hall–Kier alpha value is -2.61. The lowest BCUT2D eigenvalue weighted by Gasteiger charge is -2.49. The van der Waals surface area contributed by atoms with Crippen molar-refractivity contribution in [1.82, 2.24) is 0 Å². The fourth-order valence-electron chi connectivity index (χ4n) is 15.6. The summed E-state index contributed by atoms with van der Waals surface area (Å²) in [6, 6.07) is 0. The quantitative estimate of drug-likeness (QED) is 0.0118. The molecule has 16 unspecified atom stereocenters. The molecule has 7 fully saturated rings. The third-order valence-electron chi connectivity index (χ3n) is 23.5. The van der Waals surface area contributed by atoms with E-state index in [0.29, 0.717) is 25.7 Å². The smallest absolute Gasteiger partial charge is 0.462 e. The third kappa shape index (κ3) is 32.7. The second kappa shape index (κ2) is 55.8. The molecule has 0 bridgehead atoms. The molecule has 0 aromatic heterocycles. The van der Waals surface area contributed by atoms with Gasteiger partial charge in [0.2, 0.25) is 0 Å². The van der Waals surface area contributed by atoms with Crippen LogP contribution in [0.15, 0.2) is 12.2 Å². The summed E-state index contributed by atoms with van der Waals surface area (Å²) in [6.45, 7) is -2.91. The van der Waals surface area contributed by atoms with Crippen LogP contribution in [0.2, 0.25) is 0 Å². The number of phosphoric acid groups is 1. The van der Waals surface area contributed by atoms with E-state index in [4.69, 9.17) is 75.4 Å². The number of carbonyl (C=O) groups is 2. The van der Waals surface area contributed by atoms with Crippen molar-refractivity contribution in [3.63, 3.8) is 0 Å². The van der Waals surface area contributed by atoms with Crippen LogP contribution in [0.1, 0.15) is 200 Å². The highest BCUT2D eigenvalue weighted by Crippen LogP contribution is 2.49. The molecule has 7 aliphatic rings. The Morgan fingerprint density at radius 1 is 0.315 bits per heavy atom. The van der Waals surface area contributed by atoms with E-state index < -0.39 is 300 Å². The Morgan fingerprint density at radius 3 is 0.911 bits per heavy atom. The first kappa shape index (κ1) is 108. The molecule has 43 nitrogen and oxygen atoms in total. The zero-order valence-electron chi connectivity index (χ0n) is 70.6. The van der Waals surface area contributed by atoms with E-state index in [1.807, 2.05) is 0 Å². The Bertz CT molecular complexity index is 3000. The van der Waals surface area contributed by atoms with Crippen molar-refractivity contribution in [3.8, 4) is 0 Å². The molecule has 0 amide bonds. The maximum atomic E-state index is 14.5. The molecule has 44 heteroatoms. The molecule has 6 saturated heterocycles. The highest BCUT2D eigenvalue weighted by atomic mass is 31.2. The number of carbonyl (C=O) groups excluding carboxylic acids is 2. The minimum Gasteiger partial charge on any atom is -0.462 e. The molecule has 6 heterocycles. The van der Waals surface area contributed by atoms with Gasteiger partial charge in [-0.25, -0.2) is 4.57 Å². The van der Waals surface area contributed by atoms with Crippen LogP contribution in [0, 0.1) is 0 Å². The fraction of sp³-hybridized carbons (Fsp3) is 0.950. The van der Waals surface area contributed by atoms with Gasteiger partial charge >= 0.3 is 19.8 Å². The van der Waals surface area contributed by atoms with Gasteiger partial charge < -0.3 is 189 Å². The van der Waals surface area contributed by atoms with Gasteiger partial charge in [-0.05, 0) is 38.5 Å². The van der Waals surface area contributed by atoms with Crippen LogP contribution in [0.25, 0.3) is 0 Å². The van der Waals surface area contributed by atoms with E-state index in [2.05, 4.69) is 26.0 Å². The summed E-state index contributed by atoms with van der Waals surface area (Å²) >= 11 is 0. The number of aliphatic hydroxyl groups excluding tert-OH is 23. The molecule has 38 atom stereocenters. The van der Waals surface area contributed by atoms with E-state index >= 15 is 0 Å². The molecule has 1 saturated carbocycles. The number of rotatable bonds is 56. The van der Waals surface area contributed by atoms with Gasteiger partial charge in [0, 0.05) is 12.8 Å². The summed E-state index contributed by atoms with van der Waals surface area (Å²) in [5, 5.41) is 250. The van der Waals surface area contributed by atoms with Crippen LogP contribution in [0.4, 0.5) is 0 Å². The highest BCUT2D eigenvalue weighted by molar-refractivity contribution is 7.47. The lowest BCUT2D eigenvalue weighted by atomic mass is 9.84. The van der Waals surface area contributed by atoms with Gasteiger partial charge in [0.1, 0.15) is 190 Å². The van der Waals surface area contributed by atoms with Gasteiger partial charge in [0.25, 0.3) is 0 Å². The second-order valence-corrected chi connectivity index (χ2v) is 34.7. The summed E-state index contributed by atoms with van der Waals surface area (Å²) in [4.78, 5) is 38.5. The molecular formula is C80H143O43P. The number of allylic oxidation sites excluding steroid dienone is 2. The molecule has 0 aromatic rings. The fourth-order valence-corrected chi connectivity index (χ4v) is 16.5. The van der Waals surface area contributed by atoms with Crippen molar-refractivity contribution in [1.29, 1.82) is 0 Å². The maximum absolute atomic E-state index is 14.5. The topological polar surface area (TPSA) is 684 Å². The number of unbranched alkanes of at least 4 members (excludes halogenated alkanes) is 24. The summed E-state index contributed by atoms with van der Waals surface area (Å²) in [6.07, 6.45) is -45.0. The summed E-state index contributed by atoms with van der Waals surface area (Å²) in [5.41, 5.74) is 0. The molecule has 1 aliphatic carbocycles. The Balaban J connectivity index is 1.00. The standard InChI is InChI=1S/C80H143O43P/c1-3-5-7-9-11-13-15-17-19-21-23-25-27-29-31-33-50(84)114-42(36-108-49(83)32-30-28-26-24-22-20-18-16-14-12-10-8-6-4-2)37-113-124(106,107)123-74-72(121-79-70(104)58(92)52(86)44(35-82)116-79)64(98)63(97)65(99)73(74)122-80-71(105)62(96)56(90)48(120-80)41-112-78-69(103)61(95)55(89)47(119-78)40-111-77-68(102)60(94)54(88)46(118-77)39-110-76-67(101)59(93)53(87)45(117-76)38-109-75-66(100)57(91)51(85)43(34-81)115-75/h17,19,42-48,51-82,85-105H,3-16,18,20-41H2,1-2H3,(H,106,107)/b19-17-/t42-,43?,44?,45?,46?,47?,48?,51+,52-,53+,54+,55+,56+,57?,58?,59?,60?,61?,62?,63+,64?,65?,66+,67+,68+,69+,70-,71+,72-,73?,74+,75-,76-,77-,78-,79-,80+/m1/s1. The summed E-state index contributed by atoms with van der Waals surface area (Å²) in [5.74, 6) is -1.51. The zero-order valence-corrected chi connectivity index (χ0v) is 71.5. The molecular weight excluding hydrogens is 1680 g/mol. The number of esters is 2. The average molecular weight is 1820 g/mol. The predicted octanol–water partition coefficient (Wildman–Crippen LogP) is -4.38. The lowest BCUT2D eigenvalue weighted by Crippen LogP contribution is -2.69. The van der Waals surface area contributed by atoms with Crippen LogP contribution >= 0.6 is 7.82 Å². The molecule has 24 N–H and O–H groups in total. The van der Waals surface area contributed by atoms with Crippen LogP contribution in [-0.4, -0.2) is 414 Å². The summed E-state index contributed by atoms with van der Waals surface area (Å²) < 4.78 is 104. The Morgan fingerprint density at radius 2 is 0.581 bits per heavy atom. The summed E-state index contributed by atoms with van der Waals surface area (Å²) in [7, 11) is -5.89. The van der Waals surface area contributed by atoms with Crippen molar-refractivity contribution in [3.05, 3.63) is 12.2 Å². The third-order valence-corrected chi connectivity index (χ3v) is 24.4. The van der Waals surface area contributed by atoms with Crippen LogP contribution < -0.4 is 0 Å². The van der Waals surface area contributed by atoms with E-state index in [1.54, 1.807) is 0 Å². The monoisotopic (exact) mass is 1820 g/mol.